The van der Waals surface area contributed by atoms with Gasteiger partial charge in [0.2, 0.25) is 0 Å². The molecule has 0 aromatic rings. The van der Waals surface area contributed by atoms with Crippen molar-refractivity contribution >= 4 is 11.9 Å². The van der Waals surface area contributed by atoms with Gasteiger partial charge < -0.3 is 9.84 Å². The van der Waals surface area contributed by atoms with Crippen LogP contribution in [0.25, 0.3) is 0 Å². The Morgan fingerprint density at radius 1 is 0.568 bits per heavy atom. The Balaban J connectivity index is 3.91. The number of rotatable bonds is 29. The highest BCUT2D eigenvalue weighted by molar-refractivity contribution is 5.69. The second kappa shape index (κ2) is 29.2. The van der Waals surface area contributed by atoms with E-state index in [0.29, 0.717) is 6.42 Å². The fourth-order valence-corrected chi connectivity index (χ4v) is 4.82. The number of allylic oxidation sites excluding steroid dienone is 2. The molecule has 0 bridgehead atoms. The molecule has 1 N–H and O–H groups in total. The number of carboxylic acids is 1. The fourth-order valence-electron chi connectivity index (χ4n) is 4.82. The van der Waals surface area contributed by atoms with Crippen molar-refractivity contribution in [3.63, 3.8) is 0 Å². The molecule has 0 aliphatic carbocycles. The molecule has 0 aromatic heterocycles. The van der Waals surface area contributed by atoms with Crippen LogP contribution in [0.4, 0.5) is 0 Å². The third-order valence-electron chi connectivity index (χ3n) is 7.24. The average molecular weight is 523 g/mol. The van der Waals surface area contributed by atoms with Crippen molar-refractivity contribution in [1.82, 2.24) is 0 Å². The SMILES string of the molecule is CCCCCC/C=C\CCCCCCCCC(=O)OC(CCCCCCCC)CCCCCCC(=O)O. The van der Waals surface area contributed by atoms with Gasteiger partial charge in [-0.25, -0.2) is 0 Å². The molecule has 0 spiro atoms. The maximum Gasteiger partial charge on any atom is 0.306 e. The summed E-state index contributed by atoms with van der Waals surface area (Å²) in [5.74, 6) is -0.735. The van der Waals surface area contributed by atoms with E-state index in [9.17, 15) is 9.59 Å². The minimum Gasteiger partial charge on any atom is -0.481 e. The number of hydrogen-bond acceptors (Lipinski definition) is 3. The van der Waals surface area contributed by atoms with Crippen LogP contribution >= 0.6 is 0 Å². The molecule has 0 rings (SSSR count). The maximum atomic E-state index is 12.5. The molecular weight excluding hydrogens is 460 g/mol. The van der Waals surface area contributed by atoms with Crippen molar-refractivity contribution < 1.29 is 19.4 Å². The van der Waals surface area contributed by atoms with Crippen LogP contribution in [0.2, 0.25) is 0 Å². The summed E-state index contributed by atoms with van der Waals surface area (Å²) in [5, 5.41) is 8.77. The van der Waals surface area contributed by atoms with Crippen LogP contribution in [0, 0.1) is 0 Å². The molecule has 37 heavy (non-hydrogen) atoms. The van der Waals surface area contributed by atoms with Crippen LogP contribution in [0.5, 0.6) is 0 Å². The highest BCUT2D eigenvalue weighted by Gasteiger charge is 2.14. The van der Waals surface area contributed by atoms with Gasteiger partial charge in [0.05, 0.1) is 0 Å². The van der Waals surface area contributed by atoms with E-state index in [2.05, 4.69) is 26.0 Å². The minimum absolute atomic E-state index is 0.0223. The van der Waals surface area contributed by atoms with E-state index in [1.807, 2.05) is 0 Å². The highest BCUT2D eigenvalue weighted by Crippen LogP contribution is 2.18. The first-order valence-electron chi connectivity index (χ1n) is 16.2. The summed E-state index contributed by atoms with van der Waals surface area (Å²) in [6.07, 6.45) is 33.6. The summed E-state index contributed by atoms with van der Waals surface area (Å²) in [5.41, 5.74) is 0. The van der Waals surface area contributed by atoms with Crippen molar-refractivity contribution in [1.29, 1.82) is 0 Å². The van der Waals surface area contributed by atoms with Crippen molar-refractivity contribution in [2.75, 3.05) is 0 Å². The number of carboxylic acid groups (broad SMARTS) is 1. The Bertz CT molecular complexity index is 528. The molecule has 0 aliphatic rings. The third-order valence-corrected chi connectivity index (χ3v) is 7.24. The van der Waals surface area contributed by atoms with Crippen LogP contribution in [0.3, 0.4) is 0 Å². The van der Waals surface area contributed by atoms with Gasteiger partial charge in [-0.15, -0.1) is 0 Å². The first-order valence-corrected chi connectivity index (χ1v) is 16.2. The maximum absolute atomic E-state index is 12.5. The number of aliphatic carboxylic acids is 1. The topological polar surface area (TPSA) is 63.6 Å². The molecule has 4 heteroatoms. The number of esters is 1. The summed E-state index contributed by atoms with van der Waals surface area (Å²) in [6.45, 7) is 4.50. The third kappa shape index (κ3) is 29.1. The summed E-state index contributed by atoms with van der Waals surface area (Å²) in [7, 11) is 0. The first-order chi connectivity index (χ1) is 18.1. The van der Waals surface area contributed by atoms with Crippen LogP contribution in [-0.4, -0.2) is 23.1 Å². The molecule has 0 radical (unpaired) electrons. The van der Waals surface area contributed by atoms with E-state index in [-0.39, 0.29) is 18.5 Å². The number of unbranched alkanes of at least 4 members (excludes halogenated alkanes) is 18. The standard InChI is InChI=1S/C33H62O4/c1-3-5-7-9-11-12-13-14-15-16-17-18-20-26-30-33(36)37-31(27-23-19-10-8-6-4-2)28-24-21-22-25-29-32(34)35/h12-13,31H,3-11,14-30H2,1-2H3,(H,34,35)/b13-12-. The molecular formula is C33H62O4. The number of hydrogen-bond donors (Lipinski definition) is 1. The largest absolute Gasteiger partial charge is 0.481 e. The van der Waals surface area contributed by atoms with Gasteiger partial charge in [0, 0.05) is 12.8 Å². The van der Waals surface area contributed by atoms with Crippen LogP contribution in [0.1, 0.15) is 181 Å². The Labute approximate surface area is 230 Å². The Kier molecular flexibility index (Phi) is 28.2. The van der Waals surface area contributed by atoms with E-state index in [0.717, 1.165) is 57.8 Å². The molecule has 0 heterocycles. The average Bonchev–Trinajstić information content (AvgIpc) is 2.87. The molecule has 0 amide bonds. The molecule has 0 saturated heterocycles. The van der Waals surface area contributed by atoms with E-state index in [1.54, 1.807) is 0 Å². The fraction of sp³-hybridized carbons (Fsp3) is 0.879. The van der Waals surface area contributed by atoms with Crippen LogP contribution in [0.15, 0.2) is 12.2 Å². The quantitative estimate of drug-likeness (QED) is 0.0602. The smallest absolute Gasteiger partial charge is 0.306 e. The lowest BCUT2D eigenvalue weighted by Gasteiger charge is -2.18. The zero-order chi connectivity index (χ0) is 27.2. The van der Waals surface area contributed by atoms with E-state index in [4.69, 9.17) is 9.84 Å². The van der Waals surface area contributed by atoms with Gasteiger partial charge in [-0.1, -0.05) is 116 Å². The lowest BCUT2D eigenvalue weighted by atomic mass is 10.0. The van der Waals surface area contributed by atoms with Gasteiger partial charge in [0.1, 0.15) is 6.10 Å². The predicted molar refractivity (Wildman–Crippen MR) is 158 cm³/mol. The molecule has 0 saturated carbocycles. The van der Waals surface area contributed by atoms with Crippen molar-refractivity contribution in [3.8, 4) is 0 Å². The van der Waals surface area contributed by atoms with Gasteiger partial charge in [-0.05, 0) is 64.2 Å². The summed E-state index contributed by atoms with van der Waals surface area (Å²) >= 11 is 0. The second-order valence-corrected chi connectivity index (χ2v) is 11.0. The molecule has 0 aliphatic heterocycles. The van der Waals surface area contributed by atoms with Crippen molar-refractivity contribution in [2.45, 2.75) is 187 Å². The van der Waals surface area contributed by atoms with E-state index >= 15 is 0 Å². The van der Waals surface area contributed by atoms with Crippen molar-refractivity contribution in [2.24, 2.45) is 0 Å². The molecule has 4 nitrogen and oxygen atoms in total. The number of carbonyl (C=O) groups is 2. The minimum atomic E-state index is -0.712. The highest BCUT2D eigenvalue weighted by atomic mass is 16.5. The van der Waals surface area contributed by atoms with E-state index < -0.39 is 5.97 Å². The predicted octanol–water partition coefficient (Wildman–Crippen LogP) is 10.7. The number of carbonyl (C=O) groups excluding carboxylic acids is 1. The molecule has 1 atom stereocenters. The van der Waals surface area contributed by atoms with Gasteiger partial charge in [0.25, 0.3) is 0 Å². The van der Waals surface area contributed by atoms with Crippen LogP contribution in [-0.2, 0) is 14.3 Å². The van der Waals surface area contributed by atoms with Crippen LogP contribution < -0.4 is 0 Å². The first kappa shape index (κ1) is 35.7. The zero-order valence-corrected chi connectivity index (χ0v) is 24.8. The molecule has 0 fully saturated rings. The Morgan fingerprint density at radius 3 is 1.49 bits per heavy atom. The summed E-state index contributed by atoms with van der Waals surface area (Å²) in [4.78, 5) is 23.1. The summed E-state index contributed by atoms with van der Waals surface area (Å²) in [6, 6.07) is 0. The Hall–Kier alpha value is -1.32. The second-order valence-electron chi connectivity index (χ2n) is 11.0. The lowest BCUT2D eigenvalue weighted by Crippen LogP contribution is -2.18. The van der Waals surface area contributed by atoms with E-state index in [1.165, 1.54) is 96.3 Å². The normalized spacial score (nSPS) is 12.3. The summed E-state index contributed by atoms with van der Waals surface area (Å²) < 4.78 is 5.90. The van der Waals surface area contributed by atoms with Gasteiger partial charge in [-0.2, -0.15) is 0 Å². The number of ether oxygens (including phenoxy) is 1. The Morgan fingerprint density at radius 2 is 0.973 bits per heavy atom. The van der Waals surface area contributed by atoms with Gasteiger partial charge in [0.15, 0.2) is 0 Å². The van der Waals surface area contributed by atoms with Crippen molar-refractivity contribution in [3.05, 3.63) is 12.2 Å². The van der Waals surface area contributed by atoms with Gasteiger partial charge >= 0.3 is 11.9 Å². The monoisotopic (exact) mass is 522 g/mol. The zero-order valence-electron chi connectivity index (χ0n) is 24.8. The molecule has 0 aromatic carbocycles. The molecule has 218 valence electrons. The lowest BCUT2D eigenvalue weighted by molar-refractivity contribution is -0.150. The molecule has 1 unspecified atom stereocenters. The van der Waals surface area contributed by atoms with Gasteiger partial charge in [-0.3, -0.25) is 9.59 Å².